The quantitative estimate of drug-likeness (QED) is 0.692. The van der Waals surface area contributed by atoms with Crippen LogP contribution < -0.4 is 0 Å². The van der Waals surface area contributed by atoms with Crippen molar-refractivity contribution in [3.63, 3.8) is 0 Å². The zero-order chi connectivity index (χ0) is 7.84. The van der Waals surface area contributed by atoms with E-state index < -0.39 is 0 Å². The Kier molecular flexibility index (Phi) is 1.87. The number of halogens is 2. The molecule has 0 saturated carbocycles. The largest absolute Gasteiger partial charge is 0.245 e. The smallest absolute Gasteiger partial charge is 0.0827 e. The first kappa shape index (κ1) is 7.53. The van der Waals surface area contributed by atoms with Gasteiger partial charge in [-0.1, -0.05) is 11.6 Å². The van der Waals surface area contributed by atoms with E-state index in [2.05, 4.69) is 20.9 Å². The first-order valence-corrected chi connectivity index (χ1v) is 5.00. The molecule has 1 heterocycles. The van der Waals surface area contributed by atoms with Crippen molar-refractivity contribution < 1.29 is 0 Å². The number of thiazole rings is 1. The summed E-state index contributed by atoms with van der Waals surface area (Å²) >= 11 is 10.8. The van der Waals surface area contributed by atoms with E-state index in [4.69, 9.17) is 11.6 Å². The predicted octanol–water partition coefficient (Wildman–Crippen LogP) is 3.71. The molecule has 1 aromatic heterocycles. The molecule has 0 fully saturated rings. The molecule has 0 aliphatic carbocycles. The van der Waals surface area contributed by atoms with Gasteiger partial charge < -0.3 is 0 Å². The van der Waals surface area contributed by atoms with E-state index in [9.17, 15) is 0 Å². The van der Waals surface area contributed by atoms with Gasteiger partial charge in [0.1, 0.15) is 0 Å². The van der Waals surface area contributed by atoms with Crippen LogP contribution in [0.25, 0.3) is 10.2 Å². The minimum Gasteiger partial charge on any atom is -0.245 e. The van der Waals surface area contributed by atoms with Gasteiger partial charge in [-0.15, -0.1) is 11.3 Å². The second-order valence-corrected chi connectivity index (χ2v) is 4.23. The van der Waals surface area contributed by atoms with Crippen molar-refractivity contribution in [2.75, 3.05) is 0 Å². The van der Waals surface area contributed by atoms with E-state index in [0.29, 0.717) is 5.02 Å². The third-order valence-electron chi connectivity index (χ3n) is 1.37. The molecule has 2 aromatic rings. The summed E-state index contributed by atoms with van der Waals surface area (Å²) in [6.07, 6.45) is 0. The Morgan fingerprint density at radius 2 is 2.27 bits per heavy atom. The number of aromatic nitrogens is 1. The predicted molar refractivity (Wildman–Crippen MR) is 52.3 cm³/mol. The number of benzene rings is 1. The highest BCUT2D eigenvalue weighted by Gasteiger charge is 2.01. The average Bonchev–Trinajstić information content (AvgIpc) is 2.36. The molecule has 0 aliphatic heterocycles. The number of hydrogen-bond acceptors (Lipinski definition) is 2. The number of nitrogens with zero attached hydrogens (tertiary/aromatic N) is 1. The van der Waals surface area contributed by atoms with Crippen molar-refractivity contribution in [2.24, 2.45) is 0 Å². The molecule has 0 atom stereocenters. The summed E-state index contributed by atoms with van der Waals surface area (Å²) in [7, 11) is 0. The molecule has 0 amide bonds. The molecule has 0 saturated heterocycles. The van der Waals surface area contributed by atoms with Gasteiger partial charge in [0, 0.05) is 4.47 Å². The fraction of sp³-hybridized carbons (Fsp3) is 0. The maximum atomic E-state index is 5.86. The van der Waals surface area contributed by atoms with Crippen molar-refractivity contribution in [1.82, 2.24) is 4.98 Å². The van der Waals surface area contributed by atoms with E-state index in [-0.39, 0.29) is 0 Å². The summed E-state index contributed by atoms with van der Waals surface area (Å²) in [6, 6.07) is 3.84. The monoisotopic (exact) mass is 247 g/mol. The molecule has 0 N–H and O–H groups in total. The minimum atomic E-state index is 0.711. The Morgan fingerprint density at radius 3 is 3.09 bits per heavy atom. The van der Waals surface area contributed by atoms with Crippen LogP contribution in [0, 0.1) is 0 Å². The zero-order valence-electron chi connectivity index (χ0n) is 5.34. The first-order chi connectivity index (χ1) is 5.27. The van der Waals surface area contributed by atoms with Crippen LogP contribution in [0.5, 0.6) is 0 Å². The molecule has 0 aliphatic rings. The van der Waals surface area contributed by atoms with Gasteiger partial charge in [0.15, 0.2) is 0 Å². The molecule has 0 bridgehead atoms. The van der Waals surface area contributed by atoms with Crippen LogP contribution in [0.4, 0.5) is 0 Å². The molecular weight excluding hydrogens is 246 g/mol. The van der Waals surface area contributed by atoms with Crippen LogP contribution in [-0.4, -0.2) is 4.98 Å². The maximum Gasteiger partial charge on any atom is 0.0827 e. The molecular formula is C7H3BrClNS. The first-order valence-electron chi connectivity index (χ1n) is 2.95. The average molecular weight is 249 g/mol. The van der Waals surface area contributed by atoms with E-state index in [0.717, 1.165) is 14.7 Å². The topological polar surface area (TPSA) is 12.9 Å². The van der Waals surface area contributed by atoms with Gasteiger partial charge in [-0.3, -0.25) is 0 Å². The lowest BCUT2D eigenvalue weighted by Crippen LogP contribution is -1.69. The second kappa shape index (κ2) is 2.73. The van der Waals surface area contributed by atoms with Crippen LogP contribution in [-0.2, 0) is 0 Å². The lowest BCUT2D eigenvalue weighted by Gasteiger charge is -1.93. The van der Waals surface area contributed by atoms with Gasteiger partial charge in [0.2, 0.25) is 0 Å². The Morgan fingerprint density at radius 1 is 1.45 bits per heavy atom. The van der Waals surface area contributed by atoms with Crippen LogP contribution in [0.3, 0.4) is 0 Å². The van der Waals surface area contributed by atoms with Crippen molar-refractivity contribution in [3.05, 3.63) is 27.1 Å². The molecule has 0 spiro atoms. The van der Waals surface area contributed by atoms with Crippen LogP contribution in [0.15, 0.2) is 22.1 Å². The fourth-order valence-corrected chi connectivity index (χ4v) is 2.20. The van der Waals surface area contributed by atoms with E-state index in [1.54, 1.807) is 11.3 Å². The molecule has 56 valence electrons. The summed E-state index contributed by atoms with van der Waals surface area (Å²) < 4.78 is 2.08. The standard InChI is InChI=1S/C7H3BrClNS/c8-4-1-7-6(2-5(4)9)10-3-11-7/h1-3H. The van der Waals surface area contributed by atoms with Gasteiger partial charge in [-0.2, -0.15) is 0 Å². The third-order valence-corrected chi connectivity index (χ3v) is 3.36. The minimum absolute atomic E-state index is 0.711. The van der Waals surface area contributed by atoms with Gasteiger partial charge >= 0.3 is 0 Å². The van der Waals surface area contributed by atoms with Crippen molar-refractivity contribution in [3.8, 4) is 0 Å². The molecule has 0 unspecified atom stereocenters. The van der Waals surface area contributed by atoms with Crippen LogP contribution >= 0.6 is 38.9 Å². The lowest BCUT2D eigenvalue weighted by atomic mass is 10.3. The summed E-state index contributed by atoms with van der Waals surface area (Å²) in [6.45, 7) is 0. The highest BCUT2D eigenvalue weighted by atomic mass is 79.9. The molecule has 0 radical (unpaired) electrons. The van der Waals surface area contributed by atoms with E-state index >= 15 is 0 Å². The van der Waals surface area contributed by atoms with E-state index in [1.807, 2.05) is 17.6 Å². The third kappa shape index (κ3) is 1.28. The number of hydrogen-bond donors (Lipinski definition) is 0. The number of rotatable bonds is 0. The Labute approximate surface area is 81.1 Å². The van der Waals surface area contributed by atoms with Crippen molar-refractivity contribution in [2.45, 2.75) is 0 Å². The molecule has 2 rings (SSSR count). The molecule has 1 aromatic carbocycles. The fourth-order valence-electron chi connectivity index (χ4n) is 0.853. The Balaban J connectivity index is 2.86. The maximum absolute atomic E-state index is 5.86. The zero-order valence-corrected chi connectivity index (χ0v) is 8.50. The Hall–Kier alpha value is -0.120. The molecule has 4 heteroatoms. The second-order valence-electron chi connectivity index (χ2n) is 2.09. The normalized spacial score (nSPS) is 10.7. The van der Waals surface area contributed by atoms with E-state index in [1.165, 1.54) is 0 Å². The Bertz CT molecular complexity index is 362. The highest BCUT2D eigenvalue weighted by Crippen LogP contribution is 2.29. The SMILES string of the molecule is Clc1cc2ncsc2cc1Br. The number of fused-ring (bicyclic) bond motifs is 1. The van der Waals surface area contributed by atoms with Crippen molar-refractivity contribution >= 4 is 49.1 Å². The highest BCUT2D eigenvalue weighted by molar-refractivity contribution is 9.10. The van der Waals surface area contributed by atoms with Crippen LogP contribution in [0.1, 0.15) is 0 Å². The lowest BCUT2D eigenvalue weighted by molar-refractivity contribution is 1.50. The van der Waals surface area contributed by atoms with Gasteiger partial charge in [-0.25, -0.2) is 4.98 Å². The summed E-state index contributed by atoms with van der Waals surface area (Å²) in [4.78, 5) is 4.13. The molecule has 1 nitrogen and oxygen atoms in total. The summed E-state index contributed by atoms with van der Waals surface area (Å²) in [5.41, 5.74) is 2.77. The molecule has 11 heavy (non-hydrogen) atoms. The van der Waals surface area contributed by atoms with Gasteiger partial charge in [0.05, 0.1) is 20.7 Å². The van der Waals surface area contributed by atoms with Gasteiger partial charge in [0.25, 0.3) is 0 Å². The van der Waals surface area contributed by atoms with Gasteiger partial charge in [-0.05, 0) is 28.1 Å². The summed E-state index contributed by atoms with van der Waals surface area (Å²) in [5, 5.41) is 0.711. The summed E-state index contributed by atoms with van der Waals surface area (Å²) in [5.74, 6) is 0. The van der Waals surface area contributed by atoms with Crippen molar-refractivity contribution in [1.29, 1.82) is 0 Å². The van der Waals surface area contributed by atoms with Crippen LogP contribution in [0.2, 0.25) is 5.02 Å².